The van der Waals surface area contributed by atoms with Gasteiger partial charge in [-0.15, -0.1) is 0 Å². The van der Waals surface area contributed by atoms with Gasteiger partial charge in [0, 0.05) is 3.57 Å². The molecule has 0 saturated heterocycles. The van der Waals surface area contributed by atoms with Crippen LogP contribution < -0.4 is 0 Å². The van der Waals surface area contributed by atoms with Crippen molar-refractivity contribution in [1.82, 2.24) is 0 Å². The minimum absolute atomic E-state index is 0.231. The largest absolute Gasteiger partial charge is 0.392 e. The molecule has 0 radical (unpaired) electrons. The molecule has 1 rings (SSSR count). The Morgan fingerprint density at radius 1 is 1.13 bits per heavy atom. The average Bonchev–Trinajstić information content (AvgIpc) is 2.20. The van der Waals surface area contributed by atoms with Gasteiger partial charge in [0.1, 0.15) is 0 Å². The molecule has 0 fully saturated rings. The van der Waals surface area contributed by atoms with Gasteiger partial charge in [-0.3, -0.25) is 0 Å². The fourth-order valence-electron chi connectivity index (χ4n) is 1.49. The van der Waals surface area contributed by atoms with Crippen LogP contribution in [0.5, 0.6) is 0 Å². The first-order valence-electron chi connectivity index (χ1n) is 5.43. The summed E-state index contributed by atoms with van der Waals surface area (Å²) in [6, 6.07) is 8.36. The number of hydrogen-bond acceptors (Lipinski definition) is 1. The van der Waals surface area contributed by atoms with Crippen molar-refractivity contribution in [2.45, 2.75) is 33.3 Å². The molecule has 0 aliphatic carbocycles. The average molecular weight is 318 g/mol. The number of benzene rings is 1. The van der Waals surface area contributed by atoms with Gasteiger partial charge in [0.25, 0.3) is 0 Å². The Morgan fingerprint density at radius 2 is 1.67 bits per heavy atom. The van der Waals surface area contributed by atoms with Gasteiger partial charge in [0.05, 0.1) is 6.10 Å². The van der Waals surface area contributed by atoms with E-state index in [9.17, 15) is 5.11 Å². The number of rotatable bonds is 4. The van der Waals surface area contributed by atoms with E-state index in [-0.39, 0.29) is 6.10 Å². The van der Waals surface area contributed by atoms with Crippen LogP contribution in [0, 0.1) is 15.4 Å². The molecule has 2 atom stereocenters. The Hall–Kier alpha value is -0.0900. The van der Waals surface area contributed by atoms with Crippen molar-refractivity contribution >= 4 is 22.6 Å². The molecule has 0 spiro atoms. The van der Waals surface area contributed by atoms with Gasteiger partial charge in [0.2, 0.25) is 0 Å². The zero-order valence-electron chi connectivity index (χ0n) is 9.57. The molecule has 1 aromatic rings. The molecule has 0 amide bonds. The number of aliphatic hydroxyl groups excluding tert-OH is 1. The van der Waals surface area contributed by atoms with E-state index in [0.29, 0.717) is 11.8 Å². The molecule has 0 aliphatic heterocycles. The predicted octanol–water partition coefficient (Wildman–Crippen LogP) is 3.49. The molecule has 1 aromatic carbocycles. The SMILES string of the molecule is CC(C)C(C)C(O)Cc1ccc(I)cc1. The first kappa shape index (κ1) is 13.0. The Labute approximate surface area is 106 Å². The minimum Gasteiger partial charge on any atom is -0.392 e. The van der Waals surface area contributed by atoms with E-state index in [2.05, 4.69) is 67.6 Å². The third-order valence-corrected chi connectivity index (χ3v) is 3.74. The van der Waals surface area contributed by atoms with E-state index in [1.54, 1.807) is 0 Å². The summed E-state index contributed by atoms with van der Waals surface area (Å²) in [6.45, 7) is 6.42. The molecule has 2 unspecified atom stereocenters. The van der Waals surface area contributed by atoms with Gasteiger partial charge in [0.15, 0.2) is 0 Å². The molecule has 0 saturated carbocycles. The van der Waals surface area contributed by atoms with E-state index >= 15 is 0 Å². The molecule has 1 nitrogen and oxygen atoms in total. The van der Waals surface area contributed by atoms with Crippen molar-refractivity contribution < 1.29 is 5.11 Å². The topological polar surface area (TPSA) is 20.2 Å². The van der Waals surface area contributed by atoms with Crippen LogP contribution in [0.25, 0.3) is 0 Å². The molecule has 0 bridgehead atoms. The zero-order chi connectivity index (χ0) is 11.4. The highest BCUT2D eigenvalue weighted by atomic mass is 127. The van der Waals surface area contributed by atoms with E-state index < -0.39 is 0 Å². The van der Waals surface area contributed by atoms with E-state index in [1.165, 1.54) is 9.13 Å². The molecule has 0 aliphatic rings. The summed E-state index contributed by atoms with van der Waals surface area (Å²) in [7, 11) is 0. The molecular weight excluding hydrogens is 299 g/mol. The van der Waals surface area contributed by atoms with Crippen molar-refractivity contribution in [3.8, 4) is 0 Å². The number of aliphatic hydroxyl groups is 1. The standard InChI is InChI=1S/C13H19IO/c1-9(2)10(3)13(15)8-11-4-6-12(14)7-5-11/h4-7,9-10,13,15H,8H2,1-3H3. The van der Waals surface area contributed by atoms with Crippen LogP contribution in [0.2, 0.25) is 0 Å². The van der Waals surface area contributed by atoms with Gasteiger partial charge in [-0.05, 0) is 58.5 Å². The van der Waals surface area contributed by atoms with Crippen molar-refractivity contribution in [3.63, 3.8) is 0 Å². The third kappa shape index (κ3) is 4.11. The maximum atomic E-state index is 10.0. The second-order valence-corrected chi connectivity index (χ2v) is 5.75. The van der Waals surface area contributed by atoms with Gasteiger partial charge in [-0.1, -0.05) is 32.9 Å². The lowest BCUT2D eigenvalue weighted by atomic mass is 9.89. The van der Waals surface area contributed by atoms with Crippen molar-refractivity contribution in [2.75, 3.05) is 0 Å². The lowest BCUT2D eigenvalue weighted by molar-refractivity contribution is 0.0921. The van der Waals surface area contributed by atoms with Gasteiger partial charge in [-0.2, -0.15) is 0 Å². The van der Waals surface area contributed by atoms with Crippen LogP contribution in [0.3, 0.4) is 0 Å². The molecule has 0 heterocycles. The fourth-order valence-corrected chi connectivity index (χ4v) is 1.85. The van der Waals surface area contributed by atoms with Crippen molar-refractivity contribution in [3.05, 3.63) is 33.4 Å². The summed E-state index contributed by atoms with van der Waals surface area (Å²) in [6.07, 6.45) is 0.529. The Bertz CT molecular complexity index is 292. The predicted molar refractivity (Wildman–Crippen MR) is 72.9 cm³/mol. The third-order valence-electron chi connectivity index (χ3n) is 3.02. The number of halogens is 1. The zero-order valence-corrected chi connectivity index (χ0v) is 11.7. The Morgan fingerprint density at radius 3 is 2.13 bits per heavy atom. The molecular formula is C13H19IO. The first-order valence-corrected chi connectivity index (χ1v) is 6.51. The van der Waals surface area contributed by atoms with Gasteiger partial charge < -0.3 is 5.11 Å². The quantitative estimate of drug-likeness (QED) is 0.843. The highest BCUT2D eigenvalue weighted by Gasteiger charge is 2.17. The van der Waals surface area contributed by atoms with Crippen LogP contribution in [0.15, 0.2) is 24.3 Å². The smallest absolute Gasteiger partial charge is 0.0608 e. The fraction of sp³-hybridized carbons (Fsp3) is 0.538. The summed E-state index contributed by atoms with van der Waals surface area (Å²) < 4.78 is 1.24. The minimum atomic E-state index is -0.231. The van der Waals surface area contributed by atoms with Crippen LogP contribution in [-0.4, -0.2) is 11.2 Å². The van der Waals surface area contributed by atoms with Crippen LogP contribution in [0.4, 0.5) is 0 Å². The maximum Gasteiger partial charge on any atom is 0.0608 e. The van der Waals surface area contributed by atoms with Crippen molar-refractivity contribution in [2.24, 2.45) is 11.8 Å². The lowest BCUT2D eigenvalue weighted by Gasteiger charge is -2.22. The summed E-state index contributed by atoms with van der Waals surface area (Å²) in [4.78, 5) is 0. The summed E-state index contributed by atoms with van der Waals surface area (Å²) in [5, 5.41) is 10.0. The second kappa shape index (κ2) is 5.85. The van der Waals surface area contributed by atoms with Crippen LogP contribution in [0.1, 0.15) is 26.3 Å². The highest BCUT2D eigenvalue weighted by Crippen LogP contribution is 2.18. The number of hydrogen-bond donors (Lipinski definition) is 1. The van der Waals surface area contributed by atoms with E-state index in [1.807, 2.05) is 0 Å². The Kier molecular flexibility index (Phi) is 5.06. The second-order valence-electron chi connectivity index (χ2n) is 4.50. The van der Waals surface area contributed by atoms with Crippen LogP contribution >= 0.6 is 22.6 Å². The monoisotopic (exact) mass is 318 g/mol. The Balaban J connectivity index is 2.58. The van der Waals surface area contributed by atoms with Gasteiger partial charge in [-0.25, -0.2) is 0 Å². The maximum absolute atomic E-state index is 10.0. The molecule has 84 valence electrons. The summed E-state index contributed by atoms with van der Waals surface area (Å²) >= 11 is 2.29. The lowest BCUT2D eigenvalue weighted by Crippen LogP contribution is -2.24. The van der Waals surface area contributed by atoms with E-state index in [4.69, 9.17) is 0 Å². The van der Waals surface area contributed by atoms with Crippen LogP contribution in [-0.2, 0) is 6.42 Å². The summed E-state index contributed by atoms with van der Waals surface area (Å²) in [5.74, 6) is 0.883. The summed E-state index contributed by atoms with van der Waals surface area (Å²) in [5.41, 5.74) is 1.22. The van der Waals surface area contributed by atoms with Crippen molar-refractivity contribution in [1.29, 1.82) is 0 Å². The van der Waals surface area contributed by atoms with Gasteiger partial charge >= 0.3 is 0 Å². The van der Waals surface area contributed by atoms with E-state index in [0.717, 1.165) is 6.42 Å². The molecule has 2 heteroatoms. The first-order chi connectivity index (χ1) is 7.00. The highest BCUT2D eigenvalue weighted by molar-refractivity contribution is 14.1. The molecule has 15 heavy (non-hydrogen) atoms. The molecule has 1 N–H and O–H groups in total. The normalized spacial score (nSPS) is 15.3. The molecule has 0 aromatic heterocycles.